The molecule has 3 heterocycles. The van der Waals surface area contributed by atoms with Gasteiger partial charge in [-0.1, -0.05) is 17.7 Å². The summed E-state index contributed by atoms with van der Waals surface area (Å²) < 4.78 is 31.9. The van der Waals surface area contributed by atoms with Gasteiger partial charge < -0.3 is 4.74 Å². The summed E-state index contributed by atoms with van der Waals surface area (Å²) in [5.41, 5.74) is 1.19. The highest BCUT2D eigenvalue weighted by Gasteiger charge is 2.56. The second-order valence-corrected chi connectivity index (χ2v) is 11.7. The van der Waals surface area contributed by atoms with E-state index in [1.165, 1.54) is 12.4 Å². The molecule has 0 unspecified atom stereocenters. The molecule has 1 aromatic heterocycles. The van der Waals surface area contributed by atoms with Gasteiger partial charge in [0.2, 0.25) is 0 Å². The first kappa shape index (κ1) is 21.9. The standard InChI is InChI=1S/C22H24ClN3O4S/c1-13-21(2,3)31(28,29)19-7-8-30-18-6-5-14(9-15(18)22(19,4)26-13)10-17(27)16-11-25-20(23)12-24-16/h5-6,9,11-12,19H,7-8,10H2,1-4H3/t19-,22-/m1/s1. The molecule has 0 bridgehead atoms. The van der Waals surface area contributed by atoms with Crippen molar-refractivity contribution < 1.29 is 17.9 Å². The number of ketones is 1. The van der Waals surface area contributed by atoms with Crippen LogP contribution in [0.5, 0.6) is 5.75 Å². The molecular weight excluding hydrogens is 438 g/mol. The van der Waals surface area contributed by atoms with E-state index in [2.05, 4.69) is 9.97 Å². The molecule has 2 aliphatic heterocycles. The number of carbonyl (C=O) groups is 1. The van der Waals surface area contributed by atoms with Gasteiger partial charge in [0.05, 0.1) is 24.3 Å². The van der Waals surface area contributed by atoms with E-state index < -0.39 is 25.4 Å². The number of rotatable bonds is 3. The molecule has 0 spiro atoms. The summed E-state index contributed by atoms with van der Waals surface area (Å²) in [5, 5.41) is -0.500. The Bertz CT molecular complexity index is 1190. The maximum absolute atomic E-state index is 13.5. The van der Waals surface area contributed by atoms with Gasteiger partial charge in [-0.2, -0.15) is 0 Å². The van der Waals surface area contributed by atoms with Crippen LogP contribution in [0, 0.1) is 0 Å². The van der Waals surface area contributed by atoms with E-state index in [4.69, 9.17) is 21.3 Å². The van der Waals surface area contributed by atoms with Crippen LogP contribution in [-0.4, -0.2) is 46.5 Å². The lowest BCUT2D eigenvalue weighted by atomic mass is 9.85. The van der Waals surface area contributed by atoms with Crippen molar-refractivity contribution in [2.24, 2.45) is 4.99 Å². The minimum Gasteiger partial charge on any atom is -0.493 e. The number of hydrogen-bond acceptors (Lipinski definition) is 7. The number of aliphatic imine (C=N–C) groups is 1. The molecule has 4 rings (SSSR count). The first-order valence-electron chi connectivity index (χ1n) is 10.0. The molecule has 0 aliphatic carbocycles. The molecular formula is C22H24ClN3O4S. The van der Waals surface area contributed by atoms with E-state index in [0.717, 1.165) is 5.56 Å². The average molecular weight is 462 g/mol. The largest absolute Gasteiger partial charge is 0.493 e. The number of fused-ring (bicyclic) bond motifs is 3. The Hall–Kier alpha value is -2.32. The molecule has 7 nitrogen and oxygen atoms in total. The highest BCUT2D eigenvalue weighted by molar-refractivity contribution is 7.94. The van der Waals surface area contributed by atoms with Crippen LogP contribution in [0.4, 0.5) is 0 Å². The number of nitrogens with zero attached hydrogens (tertiary/aromatic N) is 3. The Labute approximate surface area is 186 Å². The Kier molecular flexibility index (Phi) is 5.21. The molecule has 0 N–H and O–H groups in total. The number of sulfone groups is 1. The molecule has 0 amide bonds. The van der Waals surface area contributed by atoms with Crippen LogP contribution in [0.2, 0.25) is 5.15 Å². The molecule has 0 radical (unpaired) electrons. The van der Waals surface area contributed by atoms with Crippen molar-refractivity contribution in [1.29, 1.82) is 0 Å². The van der Waals surface area contributed by atoms with Crippen LogP contribution in [-0.2, 0) is 21.8 Å². The van der Waals surface area contributed by atoms with Crippen LogP contribution in [0.3, 0.4) is 0 Å². The van der Waals surface area contributed by atoms with Crippen molar-refractivity contribution in [2.75, 3.05) is 6.61 Å². The first-order valence-corrected chi connectivity index (χ1v) is 12.0. The maximum atomic E-state index is 13.5. The highest BCUT2D eigenvalue weighted by Crippen LogP contribution is 2.48. The van der Waals surface area contributed by atoms with Crippen LogP contribution >= 0.6 is 11.6 Å². The molecule has 0 saturated carbocycles. The van der Waals surface area contributed by atoms with Gasteiger partial charge >= 0.3 is 0 Å². The SMILES string of the molecule is CC1=N[C@]2(C)c3cc(CC(=O)c4cnc(Cl)cn4)ccc3OCC[C@H]2S(=O)(=O)C1(C)C. The van der Waals surface area contributed by atoms with Gasteiger partial charge in [0.1, 0.15) is 26.9 Å². The smallest absolute Gasteiger partial charge is 0.187 e. The Morgan fingerprint density at radius 1 is 1.23 bits per heavy atom. The van der Waals surface area contributed by atoms with E-state index >= 15 is 0 Å². The number of Topliss-reactive ketones (excluding diaryl/α,β-unsaturated/α-hetero) is 1. The third-order valence-corrected chi connectivity index (χ3v) is 9.84. The lowest BCUT2D eigenvalue weighted by Gasteiger charge is -2.43. The van der Waals surface area contributed by atoms with Gasteiger partial charge in [-0.25, -0.2) is 18.4 Å². The third-order valence-electron chi connectivity index (χ3n) is 6.48. The minimum atomic E-state index is -3.53. The Balaban J connectivity index is 1.78. The lowest BCUT2D eigenvalue weighted by molar-refractivity contribution is 0.0987. The molecule has 2 atom stereocenters. The van der Waals surface area contributed by atoms with E-state index in [-0.39, 0.29) is 29.7 Å². The van der Waals surface area contributed by atoms with Gasteiger partial charge in [-0.15, -0.1) is 0 Å². The van der Waals surface area contributed by atoms with Crippen molar-refractivity contribution >= 4 is 32.9 Å². The number of halogens is 1. The van der Waals surface area contributed by atoms with Crippen LogP contribution < -0.4 is 4.74 Å². The van der Waals surface area contributed by atoms with Crippen LogP contribution in [0.15, 0.2) is 35.6 Å². The average Bonchev–Trinajstić information content (AvgIpc) is 2.84. The van der Waals surface area contributed by atoms with Gasteiger partial charge in [-0.05, 0) is 45.4 Å². The molecule has 31 heavy (non-hydrogen) atoms. The fourth-order valence-electron chi connectivity index (χ4n) is 4.31. The molecule has 9 heteroatoms. The van der Waals surface area contributed by atoms with E-state index in [1.807, 2.05) is 19.1 Å². The quantitative estimate of drug-likeness (QED) is 0.648. The molecule has 0 saturated heterocycles. The van der Waals surface area contributed by atoms with Crippen molar-refractivity contribution in [3.05, 3.63) is 52.6 Å². The highest BCUT2D eigenvalue weighted by atomic mass is 35.5. The van der Waals surface area contributed by atoms with Gasteiger partial charge in [0.25, 0.3) is 0 Å². The van der Waals surface area contributed by atoms with Crippen LogP contribution in [0.25, 0.3) is 0 Å². The predicted molar refractivity (Wildman–Crippen MR) is 119 cm³/mol. The topological polar surface area (TPSA) is 98.6 Å². The van der Waals surface area contributed by atoms with Gasteiger partial charge in [0.15, 0.2) is 15.6 Å². The number of ether oxygens (including phenoxy) is 1. The Morgan fingerprint density at radius 2 is 1.97 bits per heavy atom. The number of benzene rings is 1. The zero-order valence-corrected chi connectivity index (χ0v) is 19.4. The fraction of sp³-hybridized carbons (Fsp3) is 0.455. The van der Waals surface area contributed by atoms with Crippen molar-refractivity contribution in [2.45, 2.75) is 56.1 Å². The molecule has 164 valence electrons. The van der Waals surface area contributed by atoms with Crippen molar-refractivity contribution in [3.8, 4) is 5.75 Å². The molecule has 2 aliphatic rings. The van der Waals surface area contributed by atoms with Gasteiger partial charge in [-0.3, -0.25) is 9.79 Å². The van der Waals surface area contributed by atoms with E-state index in [9.17, 15) is 13.2 Å². The minimum absolute atomic E-state index is 0.0886. The third kappa shape index (κ3) is 3.46. The summed E-state index contributed by atoms with van der Waals surface area (Å²) in [6.07, 6.45) is 3.11. The zero-order chi connectivity index (χ0) is 22.6. The number of aromatic nitrogens is 2. The lowest BCUT2D eigenvalue weighted by Crippen LogP contribution is -2.56. The monoisotopic (exact) mass is 461 g/mol. The van der Waals surface area contributed by atoms with Crippen LogP contribution in [0.1, 0.15) is 55.7 Å². The maximum Gasteiger partial charge on any atom is 0.187 e. The summed E-state index contributed by atoms with van der Waals surface area (Å²) in [6, 6.07) is 5.43. The van der Waals surface area contributed by atoms with Crippen molar-refractivity contribution in [3.63, 3.8) is 0 Å². The normalized spacial score (nSPS) is 26.0. The second-order valence-electron chi connectivity index (χ2n) is 8.68. The Morgan fingerprint density at radius 3 is 2.65 bits per heavy atom. The summed E-state index contributed by atoms with van der Waals surface area (Å²) >= 11 is 5.75. The number of hydrogen-bond donors (Lipinski definition) is 0. The molecule has 1 aromatic carbocycles. The summed E-state index contributed by atoms with van der Waals surface area (Å²) in [7, 11) is -3.53. The first-order chi connectivity index (χ1) is 14.5. The molecule has 2 aromatic rings. The summed E-state index contributed by atoms with van der Waals surface area (Å²) in [5.74, 6) is 0.386. The predicted octanol–water partition coefficient (Wildman–Crippen LogP) is 3.59. The summed E-state index contributed by atoms with van der Waals surface area (Å²) in [4.78, 5) is 25.5. The molecule has 0 fully saturated rings. The fourth-order valence-corrected chi connectivity index (χ4v) is 6.76. The number of carbonyl (C=O) groups excluding carboxylic acids is 1. The van der Waals surface area contributed by atoms with Gasteiger partial charge in [0, 0.05) is 24.1 Å². The van der Waals surface area contributed by atoms with E-state index in [0.29, 0.717) is 23.4 Å². The second kappa shape index (κ2) is 7.38. The summed E-state index contributed by atoms with van der Waals surface area (Å²) in [6.45, 7) is 7.30. The van der Waals surface area contributed by atoms with E-state index in [1.54, 1.807) is 26.8 Å². The van der Waals surface area contributed by atoms with Crippen molar-refractivity contribution in [1.82, 2.24) is 9.97 Å². The zero-order valence-electron chi connectivity index (χ0n) is 17.8.